The molecule has 1 amide bonds. The first kappa shape index (κ1) is 12.1. The van der Waals surface area contributed by atoms with Crippen molar-refractivity contribution in [3.05, 3.63) is 57.7 Å². The van der Waals surface area contributed by atoms with E-state index in [0.717, 1.165) is 0 Å². The van der Waals surface area contributed by atoms with E-state index < -0.39 is 0 Å². The van der Waals surface area contributed by atoms with E-state index in [1.165, 1.54) is 0 Å². The van der Waals surface area contributed by atoms with Gasteiger partial charge in [-0.25, -0.2) is 4.98 Å². The Balaban J connectivity index is 2.18. The molecule has 5 heteroatoms. The second kappa shape index (κ2) is 5.29. The molecule has 2 rings (SSSR count). The Hall–Kier alpha value is -1.39. The van der Waals surface area contributed by atoms with Crippen LogP contribution >= 0.6 is 27.5 Å². The SMILES string of the molecule is O=C(Nc1ccccn1)c1ccc(Cl)c(Br)c1. The molecule has 2 aromatic rings. The van der Waals surface area contributed by atoms with Crippen LogP contribution < -0.4 is 5.32 Å². The Morgan fingerprint density at radius 3 is 2.76 bits per heavy atom. The maximum Gasteiger partial charge on any atom is 0.256 e. The molecule has 1 heterocycles. The van der Waals surface area contributed by atoms with Crippen molar-refractivity contribution >= 4 is 39.3 Å². The second-order valence-electron chi connectivity index (χ2n) is 3.30. The summed E-state index contributed by atoms with van der Waals surface area (Å²) in [4.78, 5) is 15.9. The van der Waals surface area contributed by atoms with Gasteiger partial charge in [-0.3, -0.25) is 4.79 Å². The number of aromatic nitrogens is 1. The number of hydrogen-bond donors (Lipinski definition) is 1. The molecule has 1 aromatic carbocycles. The fourth-order valence-electron chi connectivity index (χ4n) is 1.26. The molecule has 0 fully saturated rings. The highest BCUT2D eigenvalue weighted by Crippen LogP contribution is 2.23. The minimum absolute atomic E-state index is 0.221. The van der Waals surface area contributed by atoms with Gasteiger partial charge in [0, 0.05) is 16.2 Å². The van der Waals surface area contributed by atoms with Gasteiger partial charge in [0.25, 0.3) is 5.91 Å². The molecule has 0 unspecified atom stereocenters. The van der Waals surface area contributed by atoms with Crippen LogP contribution in [-0.4, -0.2) is 10.9 Å². The monoisotopic (exact) mass is 310 g/mol. The number of halogens is 2. The van der Waals surface area contributed by atoms with Crippen LogP contribution in [0.2, 0.25) is 5.02 Å². The maximum atomic E-state index is 11.9. The highest BCUT2D eigenvalue weighted by atomic mass is 79.9. The van der Waals surface area contributed by atoms with Gasteiger partial charge >= 0.3 is 0 Å². The number of nitrogens with one attached hydrogen (secondary N) is 1. The first-order valence-electron chi connectivity index (χ1n) is 4.84. The summed E-state index contributed by atoms with van der Waals surface area (Å²) in [6, 6.07) is 10.3. The van der Waals surface area contributed by atoms with Gasteiger partial charge in [0.15, 0.2) is 0 Å². The molecule has 86 valence electrons. The lowest BCUT2D eigenvalue weighted by atomic mass is 10.2. The average molecular weight is 312 g/mol. The normalized spacial score (nSPS) is 10.0. The van der Waals surface area contributed by atoms with Gasteiger partial charge < -0.3 is 5.32 Å². The highest BCUT2D eigenvalue weighted by Gasteiger charge is 2.08. The van der Waals surface area contributed by atoms with Crippen LogP contribution in [0.5, 0.6) is 0 Å². The smallest absolute Gasteiger partial charge is 0.256 e. The molecule has 1 N–H and O–H groups in total. The number of carbonyl (C=O) groups excluding carboxylic acids is 1. The van der Waals surface area contributed by atoms with Crippen molar-refractivity contribution in [2.24, 2.45) is 0 Å². The van der Waals surface area contributed by atoms with Gasteiger partial charge in [0.1, 0.15) is 5.82 Å². The predicted molar refractivity (Wildman–Crippen MR) is 71.3 cm³/mol. The predicted octanol–water partition coefficient (Wildman–Crippen LogP) is 3.75. The molecule has 3 nitrogen and oxygen atoms in total. The van der Waals surface area contributed by atoms with Crippen LogP contribution in [0.25, 0.3) is 0 Å². The summed E-state index contributed by atoms with van der Waals surface area (Å²) in [7, 11) is 0. The van der Waals surface area contributed by atoms with Crippen molar-refractivity contribution < 1.29 is 4.79 Å². The number of hydrogen-bond acceptors (Lipinski definition) is 2. The lowest BCUT2D eigenvalue weighted by Crippen LogP contribution is -2.12. The molecule has 0 spiro atoms. The van der Waals surface area contributed by atoms with Crippen molar-refractivity contribution in [3.63, 3.8) is 0 Å². The molecular weight excluding hydrogens is 304 g/mol. The number of anilines is 1. The second-order valence-corrected chi connectivity index (χ2v) is 4.56. The zero-order valence-electron chi connectivity index (χ0n) is 8.65. The summed E-state index contributed by atoms with van der Waals surface area (Å²) in [5.41, 5.74) is 0.520. The van der Waals surface area contributed by atoms with E-state index in [4.69, 9.17) is 11.6 Å². The van der Waals surface area contributed by atoms with Crippen LogP contribution in [0.3, 0.4) is 0 Å². The van der Waals surface area contributed by atoms with Crippen molar-refractivity contribution in [1.82, 2.24) is 4.98 Å². The number of benzene rings is 1. The van der Waals surface area contributed by atoms with E-state index in [1.54, 1.807) is 42.6 Å². The summed E-state index contributed by atoms with van der Waals surface area (Å²) < 4.78 is 0.688. The van der Waals surface area contributed by atoms with E-state index in [1.807, 2.05) is 0 Å². The van der Waals surface area contributed by atoms with Gasteiger partial charge in [-0.15, -0.1) is 0 Å². The fraction of sp³-hybridized carbons (Fsp3) is 0. The highest BCUT2D eigenvalue weighted by molar-refractivity contribution is 9.10. The molecule has 1 aromatic heterocycles. The summed E-state index contributed by atoms with van der Waals surface area (Å²) in [6.45, 7) is 0. The van der Waals surface area contributed by atoms with Gasteiger partial charge in [0.05, 0.1) is 5.02 Å². The molecule has 0 aliphatic carbocycles. The Labute approximate surface area is 112 Å². The minimum atomic E-state index is -0.221. The van der Waals surface area contributed by atoms with E-state index in [0.29, 0.717) is 20.9 Å². The Morgan fingerprint density at radius 1 is 1.29 bits per heavy atom. The largest absolute Gasteiger partial charge is 0.307 e. The lowest BCUT2D eigenvalue weighted by Gasteiger charge is -2.05. The topological polar surface area (TPSA) is 42.0 Å². The number of nitrogens with zero attached hydrogens (tertiary/aromatic N) is 1. The maximum absolute atomic E-state index is 11.9. The molecule has 0 saturated carbocycles. The summed E-state index contributed by atoms with van der Waals surface area (Å²) in [5.74, 6) is 0.296. The third-order valence-corrected chi connectivity index (χ3v) is 3.30. The van der Waals surface area contributed by atoms with Crippen LogP contribution in [0, 0.1) is 0 Å². The number of rotatable bonds is 2. The summed E-state index contributed by atoms with van der Waals surface area (Å²) in [6.07, 6.45) is 1.62. The van der Waals surface area contributed by atoms with Gasteiger partial charge in [0.2, 0.25) is 0 Å². The van der Waals surface area contributed by atoms with Crippen molar-refractivity contribution in [1.29, 1.82) is 0 Å². The van der Waals surface area contributed by atoms with Crippen LogP contribution in [-0.2, 0) is 0 Å². The third kappa shape index (κ3) is 3.05. The van der Waals surface area contributed by atoms with Gasteiger partial charge in [-0.1, -0.05) is 17.7 Å². The van der Waals surface area contributed by atoms with Crippen LogP contribution in [0.4, 0.5) is 5.82 Å². The molecule has 17 heavy (non-hydrogen) atoms. The zero-order valence-corrected chi connectivity index (χ0v) is 11.0. The first-order chi connectivity index (χ1) is 8.16. The van der Waals surface area contributed by atoms with Crippen molar-refractivity contribution in [2.45, 2.75) is 0 Å². The quantitative estimate of drug-likeness (QED) is 0.918. The average Bonchev–Trinajstić information content (AvgIpc) is 2.34. The Kier molecular flexibility index (Phi) is 3.76. The summed E-state index contributed by atoms with van der Waals surface area (Å²) >= 11 is 9.13. The fourth-order valence-corrected chi connectivity index (χ4v) is 1.76. The minimum Gasteiger partial charge on any atom is -0.307 e. The van der Waals surface area contributed by atoms with Crippen LogP contribution in [0.15, 0.2) is 47.1 Å². The van der Waals surface area contributed by atoms with Gasteiger partial charge in [-0.05, 0) is 46.3 Å². The molecular formula is C12H8BrClN2O. The van der Waals surface area contributed by atoms with Crippen molar-refractivity contribution in [2.75, 3.05) is 5.32 Å². The molecule has 0 saturated heterocycles. The van der Waals surface area contributed by atoms with Crippen molar-refractivity contribution in [3.8, 4) is 0 Å². The zero-order chi connectivity index (χ0) is 12.3. The number of pyridine rings is 1. The van der Waals surface area contributed by atoms with Gasteiger partial charge in [-0.2, -0.15) is 0 Å². The molecule has 0 aliphatic heterocycles. The van der Waals surface area contributed by atoms with Crippen LogP contribution in [0.1, 0.15) is 10.4 Å². The van der Waals surface area contributed by atoms with E-state index in [2.05, 4.69) is 26.2 Å². The number of carbonyl (C=O) groups is 1. The number of amides is 1. The molecule has 0 atom stereocenters. The lowest BCUT2D eigenvalue weighted by molar-refractivity contribution is 0.102. The molecule has 0 aliphatic rings. The van der Waals surface area contributed by atoms with E-state index >= 15 is 0 Å². The Morgan fingerprint density at radius 2 is 2.12 bits per heavy atom. The van der Waals surface area contributed by atoms with E-state index in [9.17, 15) is 4.79 Å². The third-order valence-electron chi connectivity index (χ3n) is 2.09. The molecule has 0 radical (unpaired) electrons. The molecule has 0 bridgehead atoms. The Bertz CT molecular complexity index is 545. The first-order valence-corrected chi connectivity index (χ1v) is 6.01. The van der Waals surface area contributed by atoms with E-state index in [-0.39, 0.29) is 5.91 Å². The standard InChI is InChI=1S/C12H8BrClN2O/c13-9-7-8(4-5-10(9)14)12(17)16-11-3-1-2-6-15-11/h1-7H,(H,15,16,17). The summed E-state index contributed by atoms with van der Waals surface area (Å²) in [5, 5.41) is 3.26.